The zero-order valence-corrected chi connectivity index (χ0v) is 15.5. The summed E-state index contributed by atoms with van der Waals surface area (Å²) in [6.45, 7) is 3.58. The zero-order chi connectivity index (χ0) is 17.8. The Kier molecular flexibility index (Phi) is 5.77. The largest absolute Gasteiger partial charge is 0.342 e. The fourth-order valence-electron chi connectivity index (χ4n) is 4.16. The molecule has 0 bridgehead atoms. The molecule has 0 N–H and O–H groups in total. The van der Waals surface area contributed by atoms with Crippen LogP contribution in [0.15, 0.2) is 30.3 Å². The second kappa shape index (κ2) is 8.03. The molecule has 1 aliphatic carbocycles. The number of hydrogen-bond acceptors (Lipinski definition) is 2. The molecule has 4 heteroatoms. The number of carbonyl (C=O) groups excluding carboxylic acids is 2. The highest BCUT2D eigenvalue weighted by molar-refractivity contribution is 5.89. The Morgan fingerprint density at radius 3 is 2.52 bits per heavy atom. The molecule has 1 aromatic rings. The van der Waals surface area contributed by atoms with Gasteiger partial charge in [0, 0.05) is 32.6 Å². The van der Waals surface area contributed by atoms with Gasteiger partial charge in [-0.25, -0.2) is 0 Å². The van der Waals surface area contributed by atoms with Crippen molar-refractivity contribution in [3.05, 3.63) is 35.9 Å². The van der Waals surface area contributed by atoms with Crippen molar-refractivity contribution in [2.75, 3.05) is 20.1 Å². The molecule has 1 unspecified atom stereocenters. The molecule has 1 heterocycles. The van der Waals surface area contributed by atoms with Crippen LogP contribution < -0.4 is 0 Å². The number of carbonyl (C=O) groups is 2. The second-order valence-electron chi connectivity index (χ2n) is 7.84. The predicted molar refractivity (Wildman–Crippen MR) is 99.0 cm³/mol. The van der Waals surface area contributed by atoms with E-state index in [0.717, 1.165) is 25.2 Å². The van der Waals surface area contributed by atoms with E-state index in [-0.39, 0.29) is 17.7 Å². The van der Waals surface area contributed by atoms with Gasteiger partial charge in [-0.15, -0.1) is 0 Å². The molecule has 1 atom stereocenters. The summed E-state index contributed by atoms with van der Waals surface area (Å²) >= 11 is 0. The Labute approximate surface area is 151 Å². The third-order valence-electron chi connectivity index (χ3n) is 5.96. The quantitative estimate of drug-likeness (QED) is 0.825. The minimum atomic E-state index is -0.160. The molecule has 2 aliphatic rings. The van der Waals surface area contributed by atoms with E-state index in [1.54, 1.807) is 0 Å². The Balaban J connectivity index is 1.51. The Bertz CT molecular complexity index is 593. The Morgan fingerprint density at radius 2 is 1.84 bits per heavy atom. The molecule has 0 radical (unpaired) electrons. The Morgan fingerprint density at radius 1 is 1.16 bits per heavy atom. The number of rotatable bonds is 5. The van der Waals surface area contributed by atoms with Crippen molar-refractivity contribution in [1.29, 1.82) is 0 Å². The smallest absolute Gasteiger partial charge is 0.227 e. The molecule has 1 saturated carbocycles. The van der Waals surface area contributed by atoms with Crippen LogP contribution in [0.3, 0.4) is 0 Å². The van der Waals surface area contributed by atoms with Gasteiger partial charge in [-0.05, 0) is 43.6 Å². The molecule has 2 amide bonds. The summed E-state index contributed by atoms with van der Waals surface area (Å²) in [5.41, 5.74) is 1.23. The lowest BCUT2D eigenvalue weighted by molar-refractivity contribution is -0.137. The topological polar surface area (TPSA) is 40.6 Å². The van der Waals surface area contributed by atoms with Crippen molar-refractivity contribution in [3.63, 3.8) is 0 Å². The molecular weight excluding hydrogens is 312 g/mol. The molecule has 4 nitrogen and oxygen atoms in total. The summed E-state index contributed by atoms with van der Waals surface area (Å²) in [6, 6.07) is 10.6. The predicted octanol–water partition coefficient (Wildman–Crippen LogP) is 3.11. The van der Waals surface area contributed by atoms with Gasteiger partial charge in [0.05, 0.1) is 5.92 Å². The summed E-state index contributed by atoms with van der Waals surface area (Å²) in [6.07, 6.45) is 5.83. The van der Waals surface area contributed by atoms with Crippen LogP contribution in [0.1, 0.15) is 44.6 Å². The summed E-state index contributed by atoms with van der Waals surface area (Å²) in [4.78, 5) is 28.9. The van der Waals surface area contributed by atoms with Gasteiger partial charge in [-0.3, -0.25) is 9.59 Å². The van der Waals surface area contributed by atoms with Gasteiger partial charge in [0.25, 0.3) is 0 Å². The number of benzene rings is 1. The van der Waals surface area contributed by atoms with Crippen molar-refractivity contribution in [2.45, 2.75) is 51.5 Å². The maximum Gasteiger partial charge on any atom is 0.227 e. The fraction of sp³-hybridized carbons (Fsp3) is 0.619. The minimum Gasteiger partial charge on any atom is -0.342 e. The molecule has 2 fully saturated rings. The first-order chi connectivity index (χ1) is 12.0. The van der Waals surface area contributed by atoms with E-state index in [0.29, 0.717) is 25.6 Å². The molecule has 0 spiro atoms. The molecule has 1 aliphatic heterocycles. The highest BCUT2D eigenvalue weighted by atomic mass is 16.2. The molecule has 136 valence electrons. The van der Waals surface area contributed by atoms with Crippen LogP contribution in [0, 0.1) is 11.8 Å². The lowest BCUT2D eigenvalue weighted by Crippen LogP contribution is -2.43. The second-order valence-corrected chi connectivity index (χ2v) is 7.84. The number of likely N-dealkylation sites (tertiary alicyclic amines) is 1. The molecule has 25 heavy (non-hydrogen) atoms. The van der Waals surface area contributed by atoms with Crippen molar-refractivity contribution >= 4 is 11.8 Å². The highest BCUT2D eigenvalue weighted by Gasteiger charge is 2.37. The minimum absolute atomic E-state index is 0.125. The van der Waals surface area contributed by atoms with E-state index in [9.17, 15) is 9.59 Å². The van der Waals surface area contributed by atoms with E-state index in [2.05, 4.69) is 19.1 Å². The van der Waals surface area contributed by atoms with E-state index in [1.807, 2.05) is 35.0 Å². The van der Waals surface area contributed by atoms with E-state index in [1.165, 1.54) is 18.4 Å². The van der Waals surface area contributed by atoms with Crippen LogP contribution in [0.2, 0.25) is 0 Å². The first kappa shape index (κ1) is 18.0. The number of hydrogen-bond donors (Lipinski definition) is 0. The fourth-order valence-corrected chi connectivity index (χ4v) is 4.16. The zero-order valence-electron chi connectivity index (χ0n) is 15.5. The standard InChI is InChI=1S/C21H30N2O2/c1-16-8-10-19(11-9-16)22(2)21(25)18-14-20(24)23(15-18)13-12-17-6-4-3-5-7-17/h3-7,16,18-19H,8-15H2,1-2H3. The number of amides is 2. The summed E-state index contributed by atoms with van der Waals surface area (Å²) in [7, 11) is 1.93. The van der Waals surface area contributed by atoms with Gasteiger partial charge in [0.15, 0.2) is 0 Å². The molecule has 0 aromatic heterocycles. The van der Waals surface area contributed by atoms with Crippen molar-refractivity contribution in [1.82, 2.24) is 9.80 Å². The van der Waals surface area contributed by atoms with Gasteiger partial charge in [0.1, 0.15) is 0 Å². The maximum absolute atomic E-state index is 12.8. The first-order valence-electron chi connectivity index (χ1n) is 9.63. The lowest BCUT2D eigenvalue weighted by Gasteiger charge is -2.34. The third-order valence-corrected chi connectivity index (χ3v) is 5.96. The average Bonchev–Trinajstić information content (AvgIpc) is 3.01. The average molecular weight is 342 g/mol. The van der Waals surface area contributed by atoms with Crippen molar-refractivity contribution < 1.29 is 9.59 Å². The summed E-state index contributed by atoms with van der Waals surface area (Å²) < 4.78 is 0. The Hall–Kier alpha value is -1.84. The highest BCUT2D eigenvalue weighted by Crippen LogP contribution is 2.28. The van der Waals surface area contributed by atoms with Crippen LogP contribution in [0.5, 0.6) is 0 Å². The molecule has 1 aromatic carbocycles. The van der Waals surface area contributed by atoms with Crippen molar-refractivity contribution in [3.8, 4) is 0 Å². The normalized spacial score (nSPS) is 26.7. The maximum atomic E-state index is 12.8. The van der Waals surface area contributed by atoms with Crippen LogP contribution in [0.25, 0.3) is 0 Å². The third kappa shape index (κ3) is 4.42. The van der Waals surface area contributed by atoms with E-state index in [4.69, 9.17) is 0 Å². The van der Waals surface area contributed by atoms with Crippen LogP contribution in [-0.4, -0.2) is 47.8 Å². The van der Waals surface area contributed by atoms with Crippen molar-refractivity contribution in [2.24, 2.45) is 11.8 Å². The van der Waals surface area contributed by atoms with Gasteiger partial charge in [0.2, 0.25) is 11.8 Å². The van der Waals surface area contributed by atoms with E-state index < -0.39 is 0 Å². The van der Waals surface area contributed by atoms with Crippen LogP contribution in [-0.2, 0) is 16.0 Å². The summed E-state index contributed by atoms with van der Waals surface area (Å²) in [5.74, 6) is 0.906. The summed E-state index contributed by atoms with van der Waals surface area (Å²) in [5, 5.41) is 0. The lowest BCUT2D eigenvalue weighted by atomic mass is 9.86. The molecule has 1 saturated heterocycles. The van der Waals surface area contributed by atoms with Crippen LogP contribution >= 0.6 is 0 Å². The molecule has 3 rings (SSSR count). The monoisotopic (exact) mass is 342 g/mol. The van der Waals surface area contributed by atoms with Gasteiger partial charge < -0.3 is 9.80 Å². The van der Waals surface area contributed by atoms with Crippen LogP contribution in [0.4, 0.5) is 0 Å². The van der Waals surface area contributed by atoms with Gasteiger partial charge >= 0.3 is 0 Å². The first-order valence-corrected chi connectivity index (χ1v) is 9.63. The molecular formula is C21H30N2O2. The van der Waals surface area contributed by atoms with Gasteiger partial charge in [-0.1, -0.05) is 37.3 Å². The SMILES string of the molecule is CC1CCC(N(C)C(=O)C2CC(=O)N(CCc3ccccc3)C2)CC1. The van der Waals surface area contributed by atoms with Gasteiger partial charge in [-0.2, -0.15) is 0 Å². The number of nitrogens with zero attached hydrogens (tertiary/aromatic N) is 2. The van der Waals surface area contributed by atoms with E-state index >= 15 is 0 Å².